The molecule has 0 amide bonds. The number of hydrogen-bond acceptors (Lipinski definition) is 1. The molecule has 66 valence electrons. The normalized spacial score (nSPS) is 10.8. The first-order valence-electron chi connectivity index (χ1n) is 3.17. The van der Waals surface area contributed by atoms with E-state index in [0.717, 1.165) is 12.1 Å². The van der Waals surface area contributed by atoms with Crippen molar-refractivity contribution in [3.05, 3.63) is 24.0 Å². The minimum Gasteiger partial charge on any atom is -0.445 e. The zero-order valence-corrected chi connectivity index (χ0v) is 10.0. The van der Waals surface area contributed by atoms with Crippen molar-refractivity contribution in [2.45, 2.75) is 0 Å². The molecule has 0 saturated heterocycles. The van der Waals surface area contributed by atoms with Gasteiger partial charge in [-0.2, -0.15) is 0 Å². The van der Waals surface area contributed by atoms with E-state index >= 15 is 0 Å². The van der Waals surface area contributed by atoms with Crippen LogP contribution in [0.25, 0.3) is 0 Å². The smallest absolute Gasteiger partial charge is 0.445 e. The SMILES string of the molecule is Nc1cccc([B-](F)(F)F)c1F.[K+]. The molecule has 0 spiro atoms. The molecule has 7 heteroatoms. The molecule has 0 atom stereocenters. The summed E-state index contributed by atoms with van der Waals surface area (Å²) in [7, 11) is 0. The van der Waals surface area contributed by atoms with Crippen molar-refractivity contribution in [2.24, 2.45) is 0 Å². The van der Waals surface area contributed by atoms with E-state index in [1.54, 1.807) is 0 Å². The Morgan fingerprint density at radius 1 is 1.15 bits per heavy atom. The van der Waals surface area contributed by atoms with E-state index in [2.05, 4.69) is 0 Å². The van der Waals surface area contributed by atoms with Crippen LogP contribution in [0.1, 0.15) is 0 Å². The van der Waals surface area contributed by atoms with Gasteiger partial charge in [-0.05, 0) is 6.07 Å². The number of hydrogen-bond donors (Lipinski definition) is 1. The Hall–Kier alpha value is 0.441. The Morgan fingerprint density at radius 2 is 1.69 bits per heavy atom. The molecule has 13 heavy (non-hydrogen) atoms. The first-order chi connectivity index (χ1) is 5.43. The van der Waals surface area contributed by atoms with Crippen LogP contribution in [-0.2, 0) is 0 Å². The molecule has 1 aromatic carbocycles. The third-order valence-electron chi connectivity index (χ3n) is 1.41. The first kappa shape index (κ1) is 13.4. The molecule has 0 heterocycles. The van der Waals surface area contributed by atoms with Gasteiger partial charge in [0.2, 0.25) is 0 Å². The molecule has 0 aliphatic rings. The Bertz CT molecular complexity index is 301. The van der Waals surface area contributed by atoms with Gasteiger partial charge in [-0.3, -0.25) is 0 Å². The van der Waals surface area contributed by atoms with Crippen molar-refractivity contribution in [1.82, 2.24) is 0 Å². The summed E-state index contributed by atoms with van der Waals surface area (Å²) in [6.45, 7) is -5.30. The van der Waals surface area contributed by atoms with E-state index in [4.69, 9.17) is 5.73 Å². The topological polar surface area (TPSA) is 26.0 Å². The summed E-state index contributed by atoms with van der Waals surface area (Å²) in [6.07, 6.45) is 0. The number of halogens is 4. The molecular weight excluding hydrogens is 212 g/mol. The van der Waals surface area contributed by atoms with Crippen LogP contribution in [-0.4, -0.2) is 6.98 Å². The molecule has 2 N–H and O–H groups in total. The second kappa shape index (κ2) is 4.79. The van der Waals surface area contributed by atoms with Gasteiger partial charge in [0, 0.05) is 0 Å². The molecule has 0 unspecified atom stereocenters. The molecule has 0 bridgehead atoms. The fourth-order valence-electron chi connectivity index (χ4n) is 0.821. The second-order valence-corrected chi connectivity index (χ2v) is 2.33. The average Bonchev–Trinajstić information content (AvgIpc) is 1.92. The predicted octanol–water partition coefficient (Wildman–Crippen LogP) is -1.53. The van der Waals surface area contributed by atoms with E-state index in [-0.39, 0.29) is 51.4 Å². The Balaban J connectivity index is 0.00000144. The van der Waals surface area contributed by atoms with E-state index in [9.17, 15) is 17.3 Å². The summed E-state index contributed by atoms with van der Waals surface area (Å²) in [6, 6.07) is 2.83. The molecule has 0 radical (unpaired) electrons. The minimum atomic E-state index is -5.30. The van der Waals surface area contributed by atoms with Gasteiger partial charge in [-0.25, -0.2) is 4.39 Å². The number of benzene rings is 1. The summed E-state index contributed by atoms with van der Waals surface area (Å²) < 4.78 is 48.7. The molecule has 0 saturated carbocycles. The fourth-order valence-corrected chi connectivity index (χ4v) is 0.821. The largest absolute Gasteiger partial charge is 1.00 e. The maximum absolute atomic E-state index is 12.7. The van der Waals surface area contributed by atoms with E-state index in [1.807, 2.05) is 0 Å². The van der Waals surface area contributed by atoms with Crippen LogP contribution >= 0.6 is 0 Å². The van der Waals surface area contributed by atoms with Crippen LogP contribution in [0.3, 0.4) is 0 Å². The van der Waals surface area contributed by atoms with Crippen LogP contribution in [0, 0.1) is 5.82 Å². The third kappa shape index (κ3) is 3.25. The second-order valence-electron chi connectivity index (χ2n) is 2.33. The van der Waals surface area contributed by atoms with Crippen molar-refractivity contribution in [3.63, 3.8) is 0 Å². The van der Waals surface area contributed by atoms with Crippen molar-refractivity contribution >= 4 is 18.1 Å². The van der Waals surface area contributed by atoms with Crippen LogP contribution in [0.15, 0.2) is 18.2 Å². The summed E-state index contributed by atoms with van der Waals surface area (Å²) in [5.74, 6) is -1.38. The summed E-state index contributed by atoms with van der Waals surface area (Å²) in [5, 5.41) is 0. The number of anilines is 1. The van der Waals surface area contributed by atoms with Gasteiger partial charge in [-0.1, -0.05) is 17.6 Å². The zero-order chi connectivity index (χ0) is 9.35. The van der Waals surface area contributed by atoms with Crippen molar-refractivity contribution in [3.8, 4) is 0 Å². The fraction of sp³-hybridized carbons (Fsp3) is 0. The molecule has 0 aliphatic carbocycles. The molecule has 1 aromatic rings. The van der Waals surface area contributed by atoms with Gasteiger partial charge in [0.25, 0.3) is 0 Å². The minimum absolute atomic E-state index is 0. The van der Waals surface area contributed by atoms with Gasteiger partial charge in [0.1, 0.15) is 5.82 Å². The molecule has 0 aromatic heterocycles. The zero-order valence-electron chi connectivity index (χ0n) is 6.90. The molecule has 1 rings (SSSR count). The quantitative estimate of drug-likeness (QED) is 0.344. The monoisotopic (exact) mass is 217 g/mol. The Labute approximate surface area is 115 Å². The Morgan fingerprint density at radius 3 is 2.08 bits per heavy atom. The van der Waals surface area contributed by atoms with E-state index < -0.39 is 23.9 Å². The van der Waals surface area contributed by atoms with Crippen LogP contribution in [0.4, 0.5) is 23.0 Å². The summed E-state index contributed by atoms with van der Waals surface area (Å²) >= 11 is 0. The molecule has 0 aliphatic heterocycles. The van der Waals surface area contributed by atoms with Crippen LogP contribution in [0.2, 0.25) is 0 Å². The summed E-state index contributed by atoms with van der Waals surface area (Å²) in [5.41, 5.74) is 3.20. The molecular formula is C6H5BF4KN. The van der Waals surface area contributed by atoms with E-state index in [1.165, 1.54) is 0 Å². The first-order valence-corrected chi connectivity index (χ1v) is 3.17. The molecule has 0 fully saturated rings. The van der Waals surface area contributed by atoms with Crippen LogP contribution < -0.4 is 62.6 Å². The maximum Gasteiger partial charge on any atom is 1.00 e. The van der Waals surface area contributed by atoms with Gasteiger partial charge < -0.3 is 18.7 Å². The number of rotatable bonds is 1. The predicted molar refractivity (Wildman–Crippen MR) is 39.5 cm³/mol. The standard InChI is InChI=1S/C6H5BF4N.K/c8-6-4(7(9,10)11)2-1-3-5(6)12;/h1-3H,12H2;/q-1;+1. The maximum atomic E-state index is 12.7. The van der Waals surface area contributed by atoms with Gasteiger partial charge in [-0.15, -0.1) is 0 Å². The number of nitrogens with two attached hydrogens (primary N) is 1. The molecule has 1 nitrogen and oxygen atoms in total. The van der Waals surface area contributed by atoms with Crippen molar-refractivity contribution < 1.29 is 68.7 Å². The van der Waals surface area contributed by atoms with Crippen molar-refractivity contribution in [1.29, 1.82) is 0 Å². The number of nitrogen functional groups attached to an aromatic ring is 1. The van der Waals surface area contributed by atoms with Crippen molar-refractivity contribution in [2.75, 3.05) is 5.73 Å². The van der Waals surface area contributed by atoms with E-state index in [0.29, 0.717) is 6.07 Å². The van der Waals surface area contributed by atoms with Gasteiger partial charge >= 0.3 is 58.4 Å². The van der Waals surface area contributed by atoms with Gasteiger partial charge in [0.15, 0.2) is 0 Å². The average molecular weight is 217 g/mol. The third-order valence-corrected chi connectivity index (χ3v) is 1.41. The Kier molecular flexibility index (Phi) is 4.95. The summed E-state index contributed by atoms with van der Waals surface area (Å²) in [4.78, 5) is 0. The van der Waals surface area contributed by atoms with Gasteiger partial charge in [0.05, 0.1) is 5.69 Å². The van der Waals surface area contributed by atoms with Crippen LogP contribution in [0.5, 0.6) is 0 Å².